The lowest BCUT2D eigenvalue weighted by Crippen LogP contribution is -2.17. The highest BCUT2D eigenvalue weighted by Gasteiger charge is 2.26. The molecule has 1 aliphatic rings. The van der Waals surface area contributed by atoms with Crippen LogP contribution >= 0.6 is 11.3 Å². The van der Waals surface area contributed by atoms with Crippen molar-refractivity contribution in [2.75, 3.05) is 7.05 Å². The van der Waals surface area contributed by atoms with Crippen molar-refractivity contribution >= 4 is 11.3 Å². The second-order valence-corrected chi connectivity index (χ2v) is 7.28. The zero-order valence-corrected chi connectivity index (χ0v) is 13.6. The first kappa shape index (κ1) is 15.0. The highest BCUT2D eigenvalue weighted by Crippen LogP contribution is 2.40. The van der Waals surface area contributed by atoms with Gasteiger partial charge in [0.15, 0.2) is 0 Å². The Kier molecular flexibility index (Phi) is 5.40. The van der Waals surface area contributed by atoms with Crippen LogP contribution in [0, 0.1) is 11.8 Å². The van der Waals surface area contributed by atoms with E-state index in [1.807, 2.05) is 18.4 Å². The average Bonchev–Trinajstić information content (AvgIpc) is 2.82. The molecular formula is C16H28N2S. The van der Waals surface area contributed by atoms with Crippen molar-refractivity contribution in [1.82, 2.24) is 10.3 Å². The van der Waals surface area contributed by atoms with Crippen molar-refractivity contribution in [3.8, 4) is 0 Å². The van der Waals surface area contributed by atoms with Gasteiger partial charge in [-0.05, 0) is 51.0 Å². The monoisotopic (exact) mass is 280 g/mol. The minimum atomic E-state index is 0.732. The third-order valence-corrected chi connectivity index (χ3v) is 5.79. The maximum Gasteiger partial charge on any atom is 0.0962 e. The first-order valence-electron chi connectivity index (χ1n) is 7.78. The summed E-state index contributed by atoms with van der Waals surface area (Å²) in [5, 5.41) is 4.67. The van der Waals surface area contributed by atoms with Gasteiger partial charge in [0, 0.05) is 17.3 Å². The van der Waals surface area contributed by atoms with Crippen LogP contribution in [0.3, 0.4) is 0 Å². The van der Waals surface area contributed by atoms with Gasteiger partial charge in [0.2, 0.25) is 0 Å². The van der Waals surface area contributed by atoms with E-state index < -0.39 is 0 Å². The number of aryl methyl sites for hydroxylation is 1. The molecule has 1 aliphatic carbocycles. The largest absolute Gasteiger partial charge is 0.315 e. The molecule has 1 heterocycles. The van der Waals surface area contributed by atoms with Crippen molar-refractivity contribution < 1.29 is 0 Å². The maximum absolute atomic E-state index is 4.92. The van der Waals surface area contributed by atoms with Crippen LogP contribution in [0.4, 0.5) is 0 Å². The summed E-state index contributed by atoms with van der Waals surface area (Å²) in [5.41, 5.74) is 1.32. The van der Waals surface area contributed by atoms with Gasteiger partial charge < -0.3 is 5.32 Å². The first-order valence-corrected chi connectivity index (χ1v) is 8.60. The molecule has 0 saturated heterocycles. The van der Waals surface area contributed by atoms with Gasteiger partial charge in [-0.3, -0.25) is 0 Å². The molecule has 0 aromatic carbocycles. The highest BCUT2D eigenvalue weighted by atomic mass is 32.1. The first-order chi connectivity index (χ1) is 9.15. The van der Waals surface area contributed by atoms with Crippen LogP contribution in [-0.4, -0.2) is 12.0 Å². The van der Waals surface area contributed by atoms with Gasteiger partial charge in [-0.2, -0.15) is 0 Å². The summed E-state index contributed by atoms with van der Waals surface area (Å²) in [6.07, 6.45) is 6.54. The van der Waals surface area contributed by atoms with Gasteiger partial charge in [-0.25, -0.2) is 4.98 Å². The van der Waals surface area contributed by atoms with E-state index in [0.717, 1.165) is 30.7 Å². The SMILES string of the molecule is CCc1nc(C2CCC(C(C)C)CC2)sc1CNC. The zero-order chi connectivity index (χ0) is 13.8. The predicted molar refractivity (Wildman–Crippen MR) is 83.8 cm³/mol. The van der Waals surface area contributed by atoms with Crippen LogP contribution in [0.1, 0.15) is 68.0 Å². The topological polar surface area (TPSA) is 24.9 Å². The number of aromatic nitrogens is 1. The van der Waals surface area contributed by atoms with Gasteiger partial charge in [0.1, 0.15) is 0 Å². The lowest BCUT2D eigenvalue weighted by molar-refractivity contribution is 0.258. The maximum atomic E-state index is 4.92. The fourth-order valence-corrected chi connectivity index (χ4v) is 4.52. The lowest BCUT2D eigenvalue weighted by atomic mass is 9.77. The van der Waals surface area contributed by atoms with Crippen molar-refractivity contribution in [3.05, 3.63) is 15.6 Å². The molecule has 19 heavy (non-hydrogen) atoms. The van der Waals surface area contributed by atoms with Gasteiger partial charge in [0.05, 0.1) is 10.7 Å². The molecule has 1 fully saturated rings. The van der Waals surface area contributed by atoms with Gasteiger partial charge in [-0.1, -0.05) is 20.8 Å². The van der Waals surface area contributed by atoms with E-state index in [-0.39, 0.29) is 0 Å². The van der Waals surface area contributed by atoms with E-state index in [4.69, 9.17) is 4.98 Å². The van der Waals surface area contributed by atoms with E-state index in [0.29, 0.717) is 0 Å². The normalized spacial score (nSPS) is 24.1. The summed E-state index contributed by atoms with van der Waals surface area (Å²) >= 11 is 1.95. The molecule has 3 heteroatoms. The Hall–Kier alpha value is -0.410. The molecule has 0 bridgehead atoms. The quantitative estimate of drug-likeness (QED) is 0.867. The molecule has 1 N–H and O–H groups in total. The van der Waals surface area contributed by atoms with Crippen LogP contribution < -0.4 is 5.32 Å². The molecule has 1 aromatic heterocycles. The smallest absolute Gasteiger partial charge is 0.0962 e. The number of thiazole rings is 1. The van der Waals surface area contributed by atoms with Crippen molar-refractivity contribution in [1.29, 1.82) is 0 Å². The van der Waals surface area contributed by atoms with Crippen LogP contribution in [0.2, 0.25) is 0 Å². The van der Waals surface area contributed by atoms with Gasteiger partial charge in [-0.15, -0.1) is 11.3 Å². The second-order valence-electron chi connectivity index (χ2n) is 6.16. The third-order valence-electron chi connectivity index (χ3n) is 4.53. The Labute approximate surface area is 122 Å². The van der Waals surface area contributed by atoms with Crippen molar-refractivity contribution in [2.24, 2.45) is 11.8 Å². The van der Waals surface area contributed by atoms with Crippen LogP contribution in [0.5, 0.6) is 0 Å². The Morgan fingerprint density at radius 2 is 1.95 bits per heavy atom. The average molecular weight is 280 g/mol. The van der Waals surface area contributed by atoms with E-state index >= 15 is 0 Å². The van der Waals surface area contributed by atoms with Crippen molar-refractivity contribution in [3.63, 3.8) is 0 Å². The molecule has 2 nitrogen and oxygen atoms in total. The molecule has 0 spiro atoms. The lowest BCUT2D eigenvalue weighted by Gasteiger charge is -2.29. The van der Waals surface area contributed by atoms with Crippen LogP contribution in [-0.2, 0) is 13.0 Å². The minimum absolute atomic E-state index is 0.732. The summed E-state index contributed by atoms with van der Waals surface area (Å²) < 4.78 is 0. The van der Waals surface area contributed by atoms with Gasteiger partial charge in [0.25, 0.3) is 0 Å². The molecular weight excluding hydrogens is 252 g/mol. The Balaban J connectivity index is 2.03. The number of rotatable bonds is 5. The number of hydrogen-bond acceptors (Lipinski definition) is 3. The Morgan fingerprint density at radius 1 is 1.26 bits per heavy atom. The molecule has 0 aliphatic heterocycles. The summed E-state index contributed by atoms with van der Waals surface area (Å²) in [6, 6.07) is 0. The zero-order valence-electron chi connectivity index (χ0n) is 12.8. The number of nitrogens with zero attached hydrogens (tertiary/aromatic N) is 1. The standard InChI is InChI=1S/C16H28N2S/c1-5-14-15(10-17-4)19-16(18-14)13-8-6-12(7-9-13)11(2)3/h11-13,17H,5-10H2,1-4H3. The summed E-state index contributed by atoms with van der Waals surface area (Å²) in [7, 11) is 2.02. The number of nitrogens with one attached hydrogen (secondary N) is 1. The second kappa shape index (κ2) is 6.85. The summed E-state index contributed by atoms with van der Waals surface area (Å²) in [4.78, 5) is 6.37. The fourth-order valence-electron chi connectivity index (χ4n) is 3.19. The van der Waals surface area contributed by atoms with E-state index in [9.17, 15) is 0 Å². The highest BCUT2D eigenvalue weighted by molar-refractivity contribution is 7.11. The molecule has 0 atom stereocenters. The molecule has 0 radical (unpaired) electrons. The predicted octanol–water partition coefficient (Wildman–Crippen LogP) is 4.35. The molecule has 108 valence electrons. The Bertz CT molecular complexity index is 389. The van der Waals surface area contributed by atoms with Crippen molar-refractivity contribution in [2.45, 2.75) is 65.3 Å². The van der Waals surface area contributed by atoms with E-state index in [2.05, 4.69) is 26.1 Å². The molecule has 0 amide bonds. The van der Waals surface area contributed by atoms with Crippen LogP contribution in [0.25, 0.3) is 0 Å². The molecule has 0 unspecified atom stereocenters. The molecule has 1 aromatic rings. The molecule has 1 saturated carbocycles. The van der Waals surface area contributed by atoms with E-state index in [1.54, 1.807) is 0 Å². The van der Waals surface area contributed by atoms with Crippen LogP contribution in [0.15, 0.2) is 0 Å². The Morgan fingerprint density at radius 3 is 2.47 bits per heavy atom. The van der Waals surface area contributed by atoms with E-state index in [1.165, 1.54) is 41.3 Å². The molecule has 2 rings (SSSR count). The summed E-state index contributed by atoms with van der Waals surface area (Å²) in [6.45, 7) is 7.93. The minimum Gasteiger partial charge on any atom is -0.315 e. The summed E-state index contributed by atoms with van der Waals surface area (Å²) in [5.74, 6) is 2.53. The number of hydrogen-bond donors (Lipinski definition) is 1. The van der Waals surface area contributed by atoms with Gasteiger partial charge >= 0.3 is 0 Å². The third kappa shape index (κ3) is 3.57. The fraction of sp³-hybridized carbons (Fsp3) is 0.812.